The second kappa shape index (κ2) is 5.50. The number of halogens is 1. The van der Waals surface area contributed by atoms with Crippen molar-refractivity contribution in [1.82, 2.24) is 25.0 Å². The fourth-order valence-electron chi connectivity index (χ4n) is 2.03. The minimum Gasteiger partial charge on any atom is -0.267 e. The van der Waals surface area contributed by atoms with E-state index in [9.17, 15) is 4.79 Å². The van der Waals surface area contributed by atoms with Crippen molar-refractivity contribution in [2.75, 3.05) is 0 Å². The molecule has 0 saturated carbocycles. The van der Waals surface area contributed by atoms with Crippen molar-refractivity contribution in [3.05, 3.63) is 39.9 Å². The summed E-state index contributed by atoms with van der Waals surface area (Å²) in [7, 11) is 0. The Labute approximate surface area is 129 Å². The molecular weight excluding hydrogens is 310 g/mol. The van der Waals surface area contributed by atoms with Gasteiger partial charge in [-0.15, -0.1) is 15.3 Å². The van der Waals surface area contributed by atoms with Crippen LogP contribution in [0.15, 0.2) is 39.2 Å². The first-order valence-electron chi connectivity index (χ1n) is 6.33. The number of nitrogens with one attached hydrogen (secondary N) is 1. The maximum Gasteiger partial charge on any atom is 0.344 e. The Morgan fingerprint density at radius 1 is 1.24 bits per heavy atom. The molecule has 2 heterocycles. The van der Waals surface area contributed by atoms with E-state index >= 15 is 0 Å². The lowest BCUT2D eigenvalue weighted by atomic mass is 10.2. The molecule has 6 nitrogen and oxygen atoms in total. The van der Waals surface area contributed by atoms with E-state index < -0.39 is 0 Å². The maximum absolute atomic E-state index is 11.8. The Kier molecular flexibility index (Phi) is 3.69. The minimum absolute atomic E-state index is 0.00488. The largest absolute Gasteiger partial charge is 0.344 e. The van der Waals surface area contributed by atoms with Crippen LogP contribution in [0.4, 0.5) is 0 Å². The van der Waals surface area contributed by atoms with E-state index in [-0.39, 0.29) is 11.7 Å². The van der Waals surface area contributed by atoms with Crippen LogP contribution in [-0.4, -0.2) is 25.0 Å². The first-order valence-corrected chi connectivity index (χ1v) is 7.53. The quantitative estimate of drug-likeness (QED) is 0.802. The van der Waals surface area contributed by atoms with E-state index in [0.29, 0.717) is 15.3 Å². The molecule has 0 aliphatic heterocycles. The SMILES string of the molecule is CC(C)n1c(Sc2nnc(Cl)c3ccccc23)n[nH]c1=O. The van der Waals surface area contributed by atoms with E-state index in [0.717, 1.165) is 10.8 Å². The average molecular weight is 322 g/mol. The monoisotopic (exact) mass is 321 g/mol. The van der Waals surface area contributed by atoms with Crippen molar-refractivity contribution >= 4 is 34.1 Å². The highest BCUT2D eigenvalue weighted by Crippen LogP contribution is 2.32. The highest BCUT2D eigenvalue weighted by molar-refractivity contribution is 7.99. The van der Waals surface area contributed by atoms with Gasteiger partial charge >= 0.3 is 5.69 Å². The molecule has 0 atom stereocenters. The van der Waals surface area contributed by atoms with Crippen LogP contribution in [-0.2, 0) is 0 Å². The molecule has 0 aliphatic rings. The third-order valence-corrected chi connectivity index (χ3v) is 4.23. The van der Waals surface area contributed by atoms with Crippen LogP contribution >= 0.6 is 23.4 Å². The summed E-state index contributed by atoms with van der Waals surface area (Å²) >= 11 is 7.35. The standard InChI is InChI=1S/C13H12ClN5OS/c1-7(2)19-12(20)17-18-13(19)21-11-9-6-4-3-5-8(9)10(14)15-16-11/h3-7H,1-2H3,(H,17,20). The van der Waals surface area contributed by atoms with Crippen molar-refractivity contribution in [2.24, 2.45) is 0 Å². The Bertz CT molecular complexity index is 857. The van der Waals surface area contributed by atoms with Crippen LogP contribution in [0.2, 0.25) is 5.15 Å². The lowest BCUT2D eigenvalue weighted by Gasteiger charge is -2.09. The Morgan fingerprint density at radius 3 is 2.67 bits per heavy atom. The molecule has 108 valence electrons. The summed E-state index contributed by atoms with van der Waals surface area (Å²) in [5.41, 5.74) is -0.237. The van der Waals surface area contributed by atoms with E-state index in [1.165, 1.54) is 11.8 Å². The number of hydrogen-bond acceptors (Lipinski definition) is 5. The third-order valence-electron chi connectivity index (χ3n) is 2.98. The summed E-state index contributed by atoms with van der Waals surface area (Å²) in [4.78, 5) is 11.8. The van der Waals surface area contributed by atoms with Gasteiger partial charge in [0.25, 0.3) is 0 Å². The van der Waals surface area contributed by atoms with E-state index in [1.807, 2.05) is 38.1 Å². The van der Waals surface area contributed by atoms with E-state index in [4.69, 9.17) is 11.6 Å². The average Bonchev–Trinajstić information content (AvgIpc) is 2.83. The van der Waals surface area contributed by atoms with Gasteiger partial charge in [0, 0.05) is 16.8 Å². The number of H-pyrrole nitrogens is 1. The highest BCUT2D eigenvalue weighted by atomic mass is 35.5. The number of benzene rings is 1. The lowest BCUT2D eigenvalue weighted by Crippen LogP contribution is -2.19. The van der Waals surface area contributed by atoms with Crippen molar-refractivity contribution < 1.29 is 0 Å². The van der Waals surface area contributed by atoms with Gasteiger partial charge in [-0.2, -0.15) is 0 Å². The molecule has 0 bridgehead atoms. The zero-order valence-electron chi connectivity index (χ0n) is 11.4. The molecule has 3 aromatic rings. The topological polar surface area (TPSA) is 76.5 Å². The number of nitrogens with zero attached hydrogens (tertiary/aromatic N) is 4. The molecule has 21 heavy (non-hydrogen) atoms. The predicted octanol–water partition coefficient (Wildman–Crippen LogP) is 2.90. The van der Waals surface area contributed by atoms with Crippen LogP contribution in [0, 0.1) is 0 Å². The van der Waals surface area contributed by atoms with Gasteiger partial charge in [0.05, 0.1) is 0 Å². The molecule has 0 aliphatic carbocycles. The number of rotatable bonds is 3. The smallest absolute Gasteiger partial charge is 0.267 e. The van der Waals surface area contributed by atoms with Gasteiger partial charge in [-0.25, -0.2) is 9.89 Å². The molecular formula is C13H12ClN5OS. The van der Waals surface area contributed by atoms with Gasteiger partial charge in [0.15, 0.2) is 10.3 Å². The normalized spacial score (nSPS) is 11.4. The number of fused-ring (bicyclic) bond motifs is 1. The zero-order valence-corrected chi connectivity index (χ0v) is 12.9. The van der Waals surface area contributed by atoms with Gasteiger partial charge in [-0.3, -0.25) is 4.57 Å². The van der Waals surface area contributed by atoms with Crippen LogP contribution in [0.25, 0.3) is 10.8 Å². The van der Waals surface area contributed by atoms with Gasteiger partial charge in [-0.05, 0) is 25.6 Å². The summed E-state index contributed by atoms with van der Waals surface area (Å²) in [6.45, 7) is 3.85. The summed E-state index contributed by atoms with van der Waals surface area (Å²) in [6, 6.07) is 7.61. The Balaban J connectivity index is 2.11. The fourth-order valence-corrected chi connectivity index (χ4v) is 3.25. The molecule has 0 saturated heterocycles. The Hall–Kier alpha value is -1.86. The van der Waals surface area contributed by atoms with Gasteiger partial charge in [0.2, 0.25) is 0 Å². The molecule has 1 aromatic carbocycles. The number of aromatic nitrogens is 5. The summed E-state index contributed by atoms with van der Waals surface area (Å²) in [5, 5.41) is 17.9. The maximum atomic E-state index is 11.8. The van der Waals surface area contributed by atoms with Crippen LogP contribution < -0.4 is 5.69 Å². The first kappa shape index (κ1) is 14.1. The highest BCUT2D eigenvalue weighted by Gasteiger charge is 2.16. The van der Waals surface area contributed by atoms with Crippen molar-refractivity contribution in [2.45, 2.75) is 30.1 Å². The van der Waals surface area contributed by atoms with Crippen LogP contribution in [0.5, 0.6) is 0 Å². The molecule has 2 aromatic heterocycles. The molecule has 3 rings (SSSR count). The summed E-state index contributed by atoms with van der Waals surface area (Å²) in [6.07, 6.45) is 0. The van der Waals surface area contributed by atoms with E-state index in [2.05, 4.69) is 20.4 Å². The Morgan fingerprint density at radius 2 is 1.95 bits per heavy atom. The van der Waals surface area contributed by atoms with Gasteiger partial charge in [-0.1, -0.05) is 35.9 Å². The van der Waals surface area contributed by atoms with Crippen LogP contribution in [0.3, 0.4) is 0 Å². The molecule has 8 heteroatoms. The van der Waals surface area contributed by atoms with Gasteiger partial charge in [0.1, 0.15) is 5.03 Å². The molecule has 0 unspecified atom stereocenters. The molecule has 0 spiro atoms. The third kappa shape index (κ3) is 2.54. The van der Waals surface area contributed by atoms with E-state index in [1.54, 1.807) is 4.57 Å². The van der Waals surface area contributed by atoms with Crippen LogP contribution in [0.1, 0.15) is 19.9 Å². The zero-order chi connectivity index (χ0) is 15.0. The molecule has 1 N–H and O–H groups in total. The van der Waals surface area contributed by atoms with Crippen molar-refractivity contribution in [1.29, 1.82) is 0 Å². The number of aromatic amines is 1. The van der Waals surface area contributed by atoms with Crippen molar-refractivity contribution in [3.8, 4) is 0 Å². The predicted molar refractivity (Wildman–Crippen MR) is 81.9 cm³/mol. The summed E-state index contributed by atoms with van der Waals surface area (Å²) < 4.78 is 1.58. The second-order valence-corrected chi connectivity index (χ2v) is 6.03. The number of hydrogen-bond donors (Lipinski definition) is 1. The summed E-state index contributed by atoms with van der Waals surface area (Å²) in [5.74, 6) is 0. The first-order chi connectivity index (χ1) is 10.1. The lowest BCUT2D eigenvalue weighted by molar-refractivity contribution is 0.534. The minimum atomic E-state index is -0.237. The van der Waals surface area contributed by atoms with Gasteiger partial charge < -0.3 is 0 Å². The molecule has 0 amide bonds. The molecule has 0 fully saturated rings. The molecule has 0 radical (unpaired) electrons. The second-order valence-electron chi connectivity index (χ2n) is 4.72. The van der Waals surface area contributed by atoms with Crippen molar-refractivity contribution in [3.63, 3.8) is 0 Å². The fraction of sp³-hybridized carbons (Fsp3) is 0.231.